The van der Waals surface area contributed by atoms with Crippen LogP contribution in [0.5, 0.6) is 0 Å². The predicted molar refractivity (Wildman–Crippen MR) is 285 cm³/mol. The summed E-state index contributed by atoms with van der Waals surface area (Å²) in [7, 11) is -2.90. The molecule has 4 aromatic heterocycles. The molecule has 0 fully saturated rings. The van der Waals surface area contributed by atoms with Crippen molar-refractivity contribution in [1.29, 1.82) is 0 Å². The van der Waals surface area contributed by atoms with Gasteiger partial charge in [0.1, 0.15) is 11.2 Å². The van der Waals surface area contributed by atoms with Gasteiger partial charge in [0.2, 0.25) is 5.95 Å². The van der Waals surface area contributed by atoms with Gasteiger partial charge in [-0.15, -0.1) is 0 Å². The molecule has 0 aliphatic heterocycles. The van der Waals surface area contributed by atoms with Crippen molar-refractivity contribution in [2.24, 2.45) is 0 Å². The van der Waals surface area contributed by atoms with Crippen LogP contribution in [-0.4, -0.2) is 32.6 Å². The first-order valence-electron chi connectivity index (χ1n) is 23.2. The molecule has 69 heavy (non-hydrogen) atoms. The van der Waals surface area contributed by atoms with Gasteiger partial charge in [-0.1, -0.05) is 212 Å². The van der Waals surface area contributed by atoms with Crippen molar-refractivity contribution in [3.63, 3.8) is 0 Å². The molecular weight excluding hydrogens is 859 g/mol. The van der Waals surface area contributed by atoms with E-state index in [0.29, 0.717) is 17.6 Å². The number of hydrogen-bond acceptors (Lipinski definition) is 5. The molecule has 0 saturated heterocycles. The Balaban J connectivity index is 1.07. The SMILES string of the molecule is c1ccc(-c2ccc(-c3cccc4c3c3ccccc3n4-c3nc(-c4cccc([Si](c5ccccc5)(c5ccccc5)c5ccccc5)c4)nc(-c4cccc5oc6ccncc6c45)n3)cc2)cc1. The fraction of sp³-hybridized carbons (Fsp3) is 0. The monoisotopic (exact) mass is 899 g/mol. The smallest absolute Gasteiger partial charge is 0.238 e. The van der Waals surface area contributed by atoms with Crippen LogP contribution in [0.25, 0.3) is 94.7 Å². The second-order valence-corrected chi connectivity index (χ2v) is 21.2. The van der Waals surface area contributed by atoms with E-state index < -0.39 is 8.07 Å². The zero-order chi connectivity index (χ0) is 45.7. The Hall–Kier alpha value is -9.04. The average Bonchev–Trinajstić information content (AvgIpc) is 3.99. The van der Waals surface area contributed by atoms with Crippen LogP contribution in [0, 0.1) is 0 Å². The van der Waals surface area contributed by atoms with Crippen LogP contribution >= 0.6 is 0 Å². The van der Waals surface area contributed by atoms with Crippen molar-refractivity contribution in [1.82, 2.24) is 24.5 Å². The molecule has 0 N–H and O–H groups in total. The van der Waals surface area contributed by atoms with Crippen LogP contribution in [0.2, 0.25) is 0 Å². The third-order valence-electron chi connectivity index (χ3n) is 13.5. The van der Waals surface area contributed by atoms with Crippen LogP contribution in [0.4, 0.5) is 0 Å². The molecule has 0 aliphatic carbocycles. The number of fused-ring (bicyclic) bond motifs is 6. The third kappa shape index (κ3) is 6.70. The third-order valence-corrected chi connectivity index (χ3v) is 18.3. The summed E-state index contributed by atoms with van der Waals surface area (Å²) >= 11 is 0. The lowest BCUT2D eigenvalue weighted by Crippen LogP contribution is -2.74. The van der Waals surface area contributed by atoms with Gasteiger partial charge in [-0.2, -0.15) is 9.97 Å². The van der Waals surface area contributed by atoms with E-state index in [1.807, 2.05) is 24.4 Å². The maximum Gasteiger partial charge on any atom is 0.238 e. The molecule has 0 bridgehead atoms. The van der Waals surface area contributed by atoms with Crippen molar-refractivity contribution in [2.75, 3.05) is 0 Å². The summed E-state index contributed by atoms with van der Waals surface area (Å²) < 4.78 is 8.61. The van der Waals surface area contributed by atoms with Gasteiger partial charge in [0.15, 0.2) is 19.7 Å². The minimum atomic E-state index is -2.90. The number of hydrogen-bond donors (Lipinski definition) is 0. The van der Waals surface area contributed by atoms with E-state index in [-0.39, 0.29) is 0 Å². The van der Waals surface area contributed by atoms with E-state index in [4.69, 9.17) is 19.4 Å². The summed E-state index contributed by atoms with van der Waals surface area (Å²) in [4.78, 5) is 20.9. The fourth-order valence-electron chi connectivity index (χ4n) is 10.5. The van der Waals surface area contributed by atoms with Gasteiger partial charge in [-0.25, -0.2) is 4.98 Å². The minimum Gasteiger partial charge on any atom is -0.456 e. The lowest BCUT2D eigenvalue weighted by Gasteiger charge is -2.34. The fourth-order valence-corrected chi connectivity index (χ4v) is 15.3. The van der Waals surface area contributed by atoms with Gasteiger partial charge in [0.05, 0.1) is 11.0 Å². The van der Waals surface area contributed by atoms with Crippen molar-refractivity contribution in [2.45, 2.75) is 0 Å². The van der Waals surface area contributed by atoms with E-state index in [1.54, 1.807) is 6.20 Å². The molecule has 13 rings (SSSR count). The van der Waals surface area contributed by atoms with Gasteiger partial charge < -0.3 is 4.42 Å². The van der Waals surface area contributed by atoms with Crippen molar-refractivity contribution < 1.29 is 4.42 Å². The summed E-state index contributed by atoms with van der Waals surface area (Å²) in [6, 6.07) is 84.3. The number of furan rings is 1. The van der Waals surface area contributed by atoms with Crippen molar-refractivity contribution in [3.05, 3.63) is 249 Å². The van der Waals surface area contributed by atoms with Crippen LogP contribution in [0.1, 0.15) is 0 Å². The summed E-state index contributed by atoms with van der Waals surface area (Å²) in [5, 5.41) is 9.14. The molecule has 0 amide bonds. The van der Waals surface area contributed by atoms with Gasteiger partial charge in [0.25, 0.3) is 0 Å². The number of para-hydroxylation sites is 1. The number of benzene rings is 9. The second-order valence-electron chi connectivity index (χ2n) is 17.4. The highest BCUT2D eigenvalue weighted by Gasteiger charge is 2.41. The summed E-state index contributed by atoms with van der Waals surface area (Å²) in [5.74, 6) is 1.62. The minimum absolute atomic E-state index is 0.517. The molecular formula is C62H41N5OSi. The highest BCUT2D eigenvalue weighted by molar-refractivity contribution is 7.19. The molecule has 0 saturated carbocycles. The Bertz CT molecular complexity index is 3910. The predicted octanol–water partition coefficient (Wildman–Crippen LogP) is 12.3. The second kappa shape index (κ2) is 16.7. The first-order chi connectivity index (χ1) is 34.2. The zero-order valence-corrected chi connectivity index (χ0v) is 38.3. The molecule has 0 radical (unpaired) electrons. The largest absolute Gasteiger partial charge is 0.456 e. The Morgan fingerprint density at radius 3 is 1.64 bits per heavy atom. The first-order valence-corrected chi connectivity index (χ1v) is 25.2. The Morgan fingerprint density at radius 2 is 0.913 bits per heavy atom. The highest BCUT2D eigenvalue weighted by Crippen LogP contribution is 2.40. The maximum absolute atomic E-state index is 6.40. The van der Waals surface area contributed by atoms with Gasteiger partial charge in [0, 0.05) is 45.1 Å². The molecule has 13 aromatic rings. The quantitative estimate of drug-likeness (QED) is 0.107. The van der Waals surface area contributed by atoms with Gasteiger partial charge in [-0.05, 0) is 67.3 Å². The molecule has 6 nitrogen and oxygen atoms in total. The van der Waals surface area contributed by atoms with E-state index in [1.165, 1.54) is 31.9 Å². The van der Waals surface area contributed by atoms with Gasteiger partial charge in [-0.3, -0.25) is 9.55 Å². The number of pyridine rings is 1. The normalized spacial score (nSPS) is 11.8. The zero-order valence-electron chi connectivity index (χ0n) is 37.3. The highest BCUT2D eigenvalue weighted by atomic mass is 28.3. The summed E-state index contributed by atoms with van der Waals surface area (Å²) in [6.45, 7) is 0. The Morgan fingerprint density at radius 1 is 0.362 bits per heavy atom. The Kier molecular flexibility index (Phi) is 9.73. The van der Waals surface area contributed by atoms with Crippen molar-refractivity contribution in [3.8, 4) is 51.0 Å². The molecule has 4 heterocycles. The topological polar surface area (TPSA) is 69.6 Å². The number of nitrogens with zero attached hydrogens (tertiary/aromatic N) is 5. The lowest BCUT2D eigenvalue weighted by molar-refractivity contribution is 0.668. The summed E-state index contributed by atoms with van der Waals surface area (Å²) in [6.07, 6.45) is 3.62. The van der Waals surface area contributed by atoms with E-state index in [2.05, 4.69) is 228 Å². The van der Waals surface area contributed by atoms with Gasteiger partial charge >= 0.3 is 0 Å². The maximum atomic E-state index is 6.40. The molecule has 9 aromatic carbocycles. The molecule has 0 unspecified atom stereocenters. The molecule has 324 valence electrons. The summed E-state index contributed by atoms with van der Waals surface area (Å²) in [5.41, 5.74) is 9.85. The van der Waals surface area contributed by atoms with E-state index in [0.717, 1.165) is 66.0 Å². The van der Waals surface area contributed by atoms with E-state index in [9.17, 15) is 0 Å². The lowest BCUT2D eigenvalue weighted by atomic mass is 9.97. The van der Waals surface area contributed by atoms with Crippen LogP contribution in [0.15, 0.2) is 253 Å². The van der Waals surface area contributed by atoms with Crippen LogP contribution < -0.4 is 20.7 Å². The number of aromatic nitrogens is 5. The van der Waals surface area contributed by atoms with Crippen molar-refractivity contribution >= 4 is 72.6 Å². The average molecular weight is 900 g/mol. The van der Waals surface area contributed by atoms with E-state index >= 15 is 0 Å². The molecule has 0 spiro atoms. The van der Waals surface area contributed by atoms with Crippen LogP contribution in [0.3, 0.4) is 0 Å². The Labute approximate surface area is 399 Å². The number of rotatable bonds is 9. The molecule has 0 atom stereocenters. The molecule has 0 aliphatic rings. The van der Waals surface area contributed by atoms with Crippen LogP contribution in [-0.2, 0) is 0 Å². The molecule has 7 heteroatoms. The standard InChI is InChI=1S/C62H41N5OSi/c1-5-18-42(19-6-1)43-34-36-44(37-35-43)50-29-16-32-55-58(50)51-28-13-14-31-54(51)67(55)62-65-60(64-61(66-62)52-30-17-33-57-59(52)53-41-63-39-38-56(53)68-57)45-20-15-27-49(40-45)69(46-21-7-2-8-22-46,47-23-9-3-10-24-47)48-25-11-4-12-26-48/h1-41H. The first kappa shape index (κ1) is 40.2.